The zero-order valence-corrected chi connectivity index (χ0v) is 13.3. The van der Waals surface area contributed by atoms with Crippen LogP contribution in [0.2, 0.25) is 0 Å². The third-order valence-electron chi connectivity index (χ3n) is 3.85. The van der Waals surface area contributed by atoms with E-state index in [2.05, 4.69) is 20.6 Å². The first-order valence-electron chi connectivity index (χ1n) is 7.75. The number of carbonyl (C=O) groups is 2. The number of carbonyl (C=O) groups excluding carboxylic acids is 2. The number of para-hydroxylation sites is 2. The number of rotatable bonds is 2. The maximum Gasteiger partial charge on any atom is 0.275 e. The Balaban J connectivity index is 1.58. The molecule has 0 aliphatic carbocycles. The van der Waals surface area contributed by atoms with E-state index in [1.165, 1.54) is 6.20 Å². The number of benzene rings is 2. The smallest absolute Gasteiger partial charge is 0.275 e. The van der Waals surface area contributed by atoms with Crippen LogP contribution >= 0.6 is 0 Å². The monoisotopic (exact) mass is 334 g/mol. The van der Waals surface area contributed by atoms with E-state index in [0.29, 0.717) is 22.6 Å². The normalized spacial score (nSPS) is 15.9. The van der Waals surface area contributed by atoms with Gasteiger partial charge in [0.25, 0.3) is 11.8 Å². The van der Waals surface area contributed by atoms with Crippen LogP contribution in [0.1, 0.15) is 17.4 Å². The van der Waals surface area contributed by atoms with E-state index in [4.69, 9.17) is 4.74 Å². The highest BCUT2D eigenvalue weighted by Crippen LogP contribution is 2.32. The largest absolute Gasteiger partial charge is 0.479 e. The van der Waals surface area contributed by atoms with Gasteiger partial charge in [0.2, 0.25) is 0 Å². The fraction of sp³-hybridized carbons (Fsp3) is 0.111. The quantitative estimate of drug-likeness (QED) is 0.751. The van der Waals surface area contributed by atoms with E-state index in [0.717, 1.165) is 5.52 Å². The van der Waals surface area contributed by atoms with Crippen LogP contribution < -0.4 is 15.4 Å². The van der Waals surface area contributed by atoms with Crippen molar-refractivity contribution in [3.8, 4) is 5.75 Å². The molecule has 2 N–H and O–H groups in total. The molecule has 124 valence electrons. The molecule has 0 saturated heterocycles. The van der Waals surface area contributed by atoms with E-state index < -0.39 is 6.10 Å². The standard InChI is InChI=1S/C18H14N4O3/c1-10-17(23)22-14-8-11(6-7-16(14)25-10)20-18(24)15-9-19-12-4-2-3-5-13(12)21-15/h2-10H,1H3,(H,20,24)(H,22,23). The van der Waals surface area contributed by atoms with Gasteiger partial charge in [-0.2, -0.15) is 0 Å². The Morgan fingerprint density at radius 2 is 2.00 bits per heavy atom. The van der Waals surface area contributed by atoms with Crippen LogP contribution in [0, 0.1) is 0 Å². The number of hydrogen-bond donors (Lipinski definition) is 2. The molecule has 2 amide bonds. The van der Waals surface area contributed by atoms with Gasteiger partial charge < -0.3 is 15.4 Å². The Morgan fingerprint density at radius 1 is 1.20 bits per heavy atom. The lowest BCUT2D eigenvalue weighted by atomic mass is 10.2. The van der Waals surface area contributed by atoms with Crippen LogP contribution in [-0.4, -0.2) is 27.9 Å². The molecule has 1 aliphatic rings. The highest BCUT2D eigenvalue weighted by molar-refractivity contribution is 6.04. The van der Waals surface area contributed by atoms with E-state index in [9.17, 15) is 9.59 Å². The van der Waals surface area contributed by atoms with Crippen molar-refractivity contribution in [2.24, 2.45) is 0 Å². The first-order chi connectivity index (χ1) is 12.1. The van der Waals surface area contributed by atoms with Gasteiger partial charge in [-0.15, -0.1) is 0 Å². The summed E-state index contributed by atoms with van der Waals surface area (Å²) < 4.78 is 5.49. The summed E-state index contributed by atoms with van der Waals surface area (Å²) in [5, 5.41) is 5.49. The second-order valence-electron chi connectivity index (χ2n) is 5.66. The minimum atomic E-state index is -0.541. The number of ether oxygens (including phenoxy) is 1. The highest BCUT2D eigenvalue weighted by Gasteiger charge is 2.23. The number of anilines is 2. The zero-order chi connectivity index (χ0) is 17.4. The number of nitrogens with one attached hydrogen (secondary N) is 2. The fourth-order valence-corrected chi connectivity index (χ4v) is 2.55. The summed E-state index contributed by atoms with van der Waals surface area (Å²) in [6.45, 7) is 1.67. The maximum atomic E-state index is 12.4. The lowest BCUT2D eigenvalue weighted by Crippen LogP contribution is -2.34. The molecule has 7 nitrogen and oxygen atoms in total. The Bertz CT molecular complexity index is 1000. The Morgan fingerprint density at radius 3 is 2.84 bits per heavy atom. The zero-order valence-electron chi connectivity index (χ0n) is 13.3. The number of hydrogen-bond acceptors (Lipinski definition) is 5. The number of aromatic nitrogens is 2. The van der Waals surface area contributed by atoms with E-state index in [1.54, 1.807) is 31.2 Å². The third-order valence-corrected chi connectivity index (χ3v) is 3.85. The molecule has 1 aromatic heterocycles. The summed E-state index contributed by atoms with van der Waals surface area (Å²) in [6, 6.07) is 12.4. The molecule has 0 bridgehead atoms. The van der Waals surface area contributed by atoms with Crippen molar-refractivity contribution in [1.29, 1.82) is 0 Å². The first-order valence-corrected chi connectivity index (χ1v) is 7.75. The van der Waals surface area contributed by atoms with E-state index in [1.807, 2.05) is 18.2 Å². The van der Waals surface area contributed by atoms with Gasteiger partial charge in [-0.25, -0.2) is 4.98 Å². The summed E-state index contributed by atoms with van der Waals surface area (Å²) in [4.78, 5) is 32.6. The molecule has 3 aromatic rings. The van der Waals surface area contributed by atoms with Gasteiger partial charge in [0, 0.05) is 5.69 Å². The molecule has 4 rings (SSSR count). The lowest BCUT2D eigenvalue weighted by molar-refractivity contribution is -0.122. The van der Waals surface area contributed by atoms with Gasteiger partial charge in [0.15, 0.2) is 6.10 Å². The molecular weight excluding hydrogens is 320 g/mol. The van der Waals surface area contributed by atoms with Crippen molar-refractivity contribution >= 4 is 34.2 Å². The minimum Gasteiger partial charge on any atom is -0.479 e. The van der Waals surface area contributed by atoms with Gasteiger partial charge >= 0.3 is 0 Å². The molecule has 1 atom stereocenters. The third kappa shape index (κ3) is 2.87. The second-order valence-corrected chi connectivity index (χ2v) is 5.66. The number of nitrogens with zero attached hydrogens (tertiary/aromatic N) is 2. The molecule has 0 spiro atoms. The van der Waals surface area contributed by atoms with E-state index >= 15 is 0 Å². The van der Waals surface area contributed by atoms with Crippen molar-refractivity contribution in [3.63, 3.8) is 0 Å². The molecule has 0 saturated carbocycles. The predicted molar refractivity (Wildman–Crippen MR) is 92.7 cm³/mol. The van der Waals surface area contributed by atoms with Crippen LogP contribution in [0.3, 0.4) is 0 Å². The molecule has 0 fully saturated rings. The SMILES string of the molecule is CC1Oc2ccc(NC(=O)c3cnc4ccccc4n3)cc2NC1=O. The van der Waals surface area contributed by atoms with Crippen molar-refractivity contribution < 1.29 is 14.3 Å². The molecule has 25 heavy (non-hydrogen) atoms. The van der Waals surface area contributed by atoms with Crippen LogP contribution in [-0.2, 0) is 4.79 Å². The summed E-state index contributed by atoms with van der Waals surface area (Å²) in [6.07, 6.45) is 0.892. The van der Waals surface area contributed by atoms with Gasteiger partial charge in [0.05, 0.1) is 22.9 Å². The van der Waals surface area contributed by atoms with Crippen LogP contribution in [0.4, 0.5) is 11.4 Å². The number of fused-ring (bicyclic) bond motifs is 2. The summed E-state index contributed by atoms with van der Waals surface area (Å²) in [5.41, 5.74) is 2.63. The average Bonchev–Trinajstić information content (AvgIpc) is 2.62. The lowest BCUT2D eigenvalue weighted by Gasteiger charge is -2.23. The average molecular weight is 334 g/mol. The fourth-order valence-electron chi connectivity index (χ4n) is 2.55. The van der Waals surface area contributed by atoms with Gasteiger partial charge in [0.1, 0.15) is 11.4 Å². The van der Waals surface area contributed by atoms with Crippen molar-refractivity contribution in [2.45, 2.75) is 13.0 Å². The molecule has 1 aliphatic heterocycles. The summed E-state index contributed by atoms with van der Waals surface area (Å²) in [5.74, 6) is -0.0402. The molecule has 0 radical (unpaired) electrons. The Hall–Kier alpha value is -3.48. The minimum absolute atomic E-state index is 0.213. The predicted octanol–water partition coefficient (Wildman–Crippen LogP) is 2.60. The Labute approximate surface area is 143 Å². The van der Waals surface area contributed by atoms with Gasteiger partial charge in [-0.3, -0.25) is 14.6 Å². The molecule has 7 heteroatoms. The van der Waals surface area contributed by atoms with Gasteiger partial charge in [-0.05, 0) is 37.3 Å². The van der Waals surface area contributed by atoms with E-state index in [-0.39, 0.29) is 17.5 Å². The molecule has 2 heterocycles. The maximum absolute atomic E-state index is 12.4. The van der Waals surface area contributed by atoms with Crippen LogP contribution in [0.25, 0.3) is 11.0 Å². The van der Waals surface area contributed by atoms with Crippen LogP contribution in [0.15, 0.2) is 48.7 Å². The second kappa shape index (κ2) is 5.86. The summed E-state index contributed by atoms with van der Waals surface area (Å²) >= 11 is 0. The van der Waals surface area contributed by atoms with Gasteiger partial charge in [-0.1, -0.05) is 12.1 Å². The topological polar surface area (TPSA) is 93.2 Å². The molecule has 2 aromatic carbocycles. The molecular formula is C18H14N4O3. The first kappa shape index (κ1) is 15.1. The van der Waals surface area contributed by atoms with Crippen LogP contribution in [0.5, 0.6) is 5.75 Å². The van der Waals surface area contributed by atoms with Crippen molar-refractivity contribution in [1.82, 2.24) is 9.97 Å². The van der Waals surface area contributed by atoms with Crippen molar-refractivity contribution in [2.75, 3.05) is 10.6 Å². The Kier molecular flexibility index (Phi) is 3.53. The number of amides is 2. The highest BCUT2D eigenvalue weighted by atomic mass is 16.5. The summed E-state index contributed by atoms with van der Waals surface area (Å²) in [7, 11) is 0. The molecule has 1 unspecified atom stereocenters. The van der Waals surface area contributed by atoms with Crippen molar-refractivity contribution in [3.05, 3.63) is 54.4 Å².